The molecule has 2 bridgehead atoms. The van der Waals surface area contributed by atoms with E-state index in [-0.39, 0.29) is 18.0 Å². The van der Waals surface area contributed by atoms with Gasteiger partial charge in [-0.15, -0.1) is 0 Å². The predicted molar refractivity (Wildman–Crippen MR) is 121 cm³/mol. The number of halogens is 1. The van der Waals surface area contributed by atoms with Crippen LogP contribution in [-0.4, -0.2) is 53.5 Å². The van der Waals surface area contributed by atoms with Gasteiger partial charge in [0.15, 0.2) is 0 Å². The zero-order valence-corrected chi connectivity index (χ0v) is 19.7. The Morgan fingerprint density at radius 2 is 2.03 bits per heavy atom. The number of nitrogens with zero attached hydrogens (tertiary/aromatic N) is 2. The van der Waals surface area contributed by atoms with E-state index in [2.05, 4.69) is 4.98 Å². The highest BCUT2D eigenvalue weighted by Gasteiger charge is 2.48. The Morgan fingerprint density at radius 3 is 2.62 bits per heavy atom. The fourth-order valence-corrected chi connectivity index (χ4v) is 4.97. The van der Waals surface area contributed by atoms with Crippen molar-refractivity contribution in [3.8, 4) is 5.75 Å². The molecule has 5 rings (SSSR count). The molecule has 1 aromatic carbocycles. The molecule has 2 aliphatic heterocycles. The van der Waals surface area contributed by atoms with E-state index in [1.54, 1.807) is 12.0 Å². The second-order valence-electron chi connectivity index (χ2n) is 10.0. The minimum absolute atomic E-state index is 0.286. The van der Waals surface area contributed by atoms with E-state index in [4.69, 9.17) is 14.2 Å². The van der Waals surface area contributed by atoms with Gasteiger partial charge in [0.05, 0.1) is 37.1 Å². The number of benzene rings is 1. The molecule has 3 aliphatic rings. The highest BCUT2D eigenvalue weighted by molar-refractivity contribution is 5.86. The zero-order valence-electron chi connectivity index (χ0n) is 19.7. The van der Waals surface area contributed by atoms with Crippen molar-refractivity contribution < 1.29 is 23.4 Å². The third-order valence-electron chi connectivity index (χ3n) is 6.65. The fourth-order valence-electron chi connectivity index (χ4n) is 4.97. The van der Waals surface area contributed by atoms with Gasteiger partial charge in [0, 0.05) is 17.5 Å². The van der Waals surface area contributed by atoms with Crippen molar-refractivity contribution in [2.45, 2.75) is 77.0 Å². The molecule has 3 heterocycles. The van der Waals surface area contributed by atoms with Gasteiger partial charge in [-0.3, -0.25) is 9.88 Å². The Morgan fingerprint density at radius 1 is 1.31 bits per heavy atom. The summed E-state index contributed by atoms with van der Waals surface area (Å²) in [5.41, 5.74) is 1.18. The molecular formula is C25H33FN2O4. The number of ether oxygens (including phenoxy) is 3. The van der Waals surface area contributed by atoms with Crippen LogP contribution >= 0.6 is 0 Å². The molecule has 0 radical (unpaired) electrons. The van der Waals surface area contributed by atoms with Crippen molar-refractivity contribution >= 4 is 17.0 Å². The Bertz CT molecular complexity index is 995. The van der Waals surface area contributed by atoms with Crippen molar-refractivity contribution in [2.75, 3.05) is 20.3 Å². The summed E-state index contributed by atoms with van der Waals surface area (Å²) in [7, 11) is 1.59. The van der Waals surface area contributed by atoms with Gasteiger partial charge in [0.1, 0.15) is 17.2 Å². The van der Waals surface area contributed by atoms with E-state index in [1.807, 2.05) is 39.8 Å². The van der Waals surface area contributed by atoms with Crippen LogP contribution < -0.4 is 4.74 Å². The molecule has 2 aromatic rings. The minimum atomic E-state index is -0.613. The number of hydrogen-bond acceptors (Lipinski definition) is 5. The maximum Gasteiger partial charge on any atom is 0.410 e. The first kappa shape index (κ1) is 22.8. The van der Waals surface area contributed by atoms with Crippen LogP contribution in [0.5, 0.6) is 5.75 Å². The number of fused-ring (bicyclic) bond motifs is 4. The van der Waals surface area contributed by atoms with Crippen LogP contribution in [0.15, 0.2) is 18.3 Å². The normalized spacial score (nSPS) is 22.8. The van der Waals surface area contributed by atoms with E-state index < -0.39 is 11.1 Å². The molecule has 0 atom stereocenters. The highest BCUT2D eigenvalue weighted by Crippen LogP contribution is 2.41. The number of aromatic nitrogens is 1. The van der Waals surface area contributed by atoms with E-state index in [0.29, 0.717) is 36.3 Å². The van der Waals surface area contributed by atoms with Gasteiger partial charge in [-0.05, 0) is 77.5 Å². The number of aryl methyl sites for hydroxylation is 1. The van der Waals surface area contributed by atoms with Gasteiger partial charge < -0.3 is 14.2 Å². The Labute approximate surface area is 189 Å². The molecule has 7 heteroatoms. The van der Waals surface area contributed by atoms with Crippen LogP contribution in [0.1, 0.15) is 57.6 Å². The molecule has 1 saturated carbocycles. The smallest absolute Gasteiger partial charge is 0.410 e. The van der Waals surface area contributed by atoms with Crippen LogP contribution in [0.3, 0.4) is 0 Å². The summed E-state index contributed by atoms with van der Waals surface area (Å²) in [6.45, 7) is 8.36. The number of methoxy groups -OCH3 is 1. The van der Waals surface area contributed by atoms with Crippen LogP contribution in [-0.2, 0) is 15.9 Å². The number of amides is 1. The van der Waals surface area contributed by atoms with E-state index >= 15 is 0 Å². The van der Waals surface area contributed by atoms with Gasteiger partial charge in [-0.25, -0.2) is 9.18 Å². The Kier molecular flexibility index (Phi) is 6.05. The fraction of sp³-hybridized carbons (Fsp3) is 0.600. The molecule has 0 spiro atoms. The second-order valence-corrected chi connectivity index (χ2v) is 10.0. The van der Waals surface area contributed by atoms with Gasteiger partial charge in [-0.2, -0.15) is 0 Å². The van der Waals surface area contributed by atoms with Crippen LogP contribution in [0.4, 0.5) is 9.18 Å². The third-order valence-corrected chi connectivity index (χ3v) is 6.65. The third kappa shape index (κ3) is 4.40. The molecule has 0 unspecified atom stereocenters. The minimum Gasteiger partial charge on any atom is -0.497 e. The number of rotatable bonds is 5. The number of carbonyl (C=O) groups is 1. The number of pyridine rings is 1. The second kappa shape index (κ2) is 8.50. The summed E-state index contributed by atoms with van der Waals surface area (Å²) >= 11 is 0. The van der Waals surface area contributed by atoms with Crippen LogP contribution in [0, 0.1) is 12.7 Å². The summed E-state index contributed by atoms with van der Waals surface area (Å²) in [5, 5.41) is 0.715. The molecule has 174 valence electrons. The van der Waals surface area contributed by atoms with Crippen molar-refractivity contribution in [1.82, 2.24) is 9.88 Å². The number of carbonyl (C=O) groups excluding carboxylic acids is 1. The lowest BCUT2D eigenvalue weighted by Crippen LogP contribution is -2.61. The molecule has 32 heavy (non-hydrogen) atoms. The largest absolute Gasteiger partial charge is 0.497 e. The number of hydrogen-bond donors (Lipinski definition) is 0. The van der Waals surface area contributed by atoms with Gasteiger partial charge in [0.25, 0.3) is 0 Å². The first-order valence-electron chi connectivity index (χ1n) is 11.4. The summed E-state index contributed by atoms with van der Waals surface area (Å²) in [4.78, 5) is 19.4. The lowest BCUT2D eigenvalue weighted by atomic mass is 9.76. The van der Waals surface area contributed by atoms with Crippen LogP contribution in [0.25, 0.3) is 10.9 Å². The molecule has 1 aliphatic carbocycles. The molecule has 6 nitrogen and oxygen atoms in total. The Hall–Kier alpha value is -2.41. The maximum absolute atomic E-state index is 15.0. The monoisotopic (exact) mass is 444 g/mol. The van der Waals surface area contributed by atoms with Crippen LogP contribution in [0.2, 0.25) is 0 Å². The first-order chi connectivity index (χ1) is 15.1. The zero-order chi connectivity index (χ0) is 23.1. The highest BCUT2D eigenvalue weighted by atomic mass is 19.1. The molecule has 3 fully saturated rings. The topological polar surface area (TPSA) is 60.9 Å². The SMILES string of the molecule is COc1cc(C)c2ncc(F)c(CCN(C(=O)OC(C)(C)C)C34CCC(CC3)OC4)c2c1. The van der Waals surface area contributed by atoms with E-state index in [0.717, 1.165) is 36.8 Å². The van der Waals surface area contributed by atoms with Crippen molar-refractivity contribution in [2.24, 2.45) is 0 Å². The molecule has 1 amide bonds. The average molecular weight is 445 g/mol. The van der Waals surface area contributed by atoms with Gasteiger partial charge in [0.2, 0.25) is 0 Å². The standard InChI is InChI=1S/C25H33FN2O4/c1-16-12-18(30-5)13-20-19(21(26)14-27-22(16)20)8-11-28(23(29)32-24(2,3)4)25-9-6-17(7-10-25)31-15-25/h12-14,17H,6-11,15H2,1-5H3. The van der Waals surface area contributed by atoms with Gasteiger partial charge in [-0.1, -0.05) is 0 Å². The molecule has 1 aromatic heterocycles. The Balaban J connectivity index is 1.68. The molecular weight excluding hydrogens is 411 g/mol. The summed E-state index contributed by atoms with van der Waals surface area (Å²) < 4.78 is 32.1. The summed E-state index contributed by atoms with van der Waals surface area (Å²) in [5.74, 6) is 0.278. The van der Waals surface area contributed by atoms with E-state index in [9.17, 15) is 9.18 Å². The summed E-state index contributed by atoms with van der Waals surface area (Å²) in [6.07, 6.45) is 5.16. The van der Waals surface area contributed by atoms with E-state index in [1.165, 1.54) is 6.20 Å². The molecule has 0 N–H and O–H groups in total. The van der Waals surface area contributed by atoms with Gasteiger partial charge >= 0.3 is 6.09 Å². The average Bonchev–Trinajstić information content (AvgIpc) is 2.75. The first-order valence-corrected chi connectivity index (χ1v) is 11.4. The quantitative estimate of drug-likeness (QED) is 0.636. The summed E-state index contributed by atoms with van der Waals surface area (Å²) in [6, 6.07) is 3.71. The molecule has 2 saturated heterocycles. The lowest BCUT2D eigenvalue weighted by Gasteiger charge is -2.52. The van der Waals surface area contributed by atoms with Crippen molar-refractivity contribution in [3.63, 3.8) is 0 Å². The maximum atomic E-state index is 15.0. The lowest BCUT2D eigenvalue weighted by molar-refractivity contribution is -0.132. The van der Waals surface area contributed by atoms with Crippen molar-refractivity contribution in [3.05, 3.63) is 35.3 Å². The van der Waals surface area contributed by atoms with Crippen molar-refractivity contribution in [1.29, 1.82) is 0 Å². The predicted octanol–water partition coefficient (Wildman–Crippen LogP) is 5.18.